The molecule has 0 spiro atoms. The lowest BCUT2D eigenvalue weighted by atomic mass is 10.0. The molecule has 1 N–H and O–H groups in total. The van der Waals surface area contributed by atoms with Crippen molar-refractivity contribution in [2.24, 2.45) is 5.92 Å². The van der Waals surface area contributed by atoms with Crippen molar-refractivity contribution in [1.82, 2.24) is 4.98 Å². The van der Waals surface area contributed by atoms with E-state index in [2.05, 4.69) is 26.0 Å². The Bertz CT molecular complexity index is 341. The fourth-order valence-corrected chi connectivity index (χ4v) is 1.79. The van der Waals surface area contributed by atoms with E-state index in [9.17, 15) is 0 Å². The molecule has 1 saturated heterocycles. The summed E-state index contributed by atoms with van der Waals surface area (Å²) in [5.41, 5.74) is 1.35. The van der Waals surface area contributed by atoms with Gasteiger partial charge in [-0.15, -0.1) is 0 Å². The fourth-order valence-electron chi connectivity index (χ4n) is 1.62. The number of anilines is 1. The SMILES string of the molecule is CC1CN(c2ccc(C(=N)P)cn2)C1. The van der Waals surface area contributed by atoms with E-state index in [1.54, 1.807) is 6.20 Å². The summed E-state index contributed by atoms with van der Waals surface area (Å²) in [6, 6.07) is 3.93. The predicted molar refractivity (Wildman–Crippen MR) is 62.2 cm³/mol. The van der Waals surface area contributed by atoms with Crippen molar-refractivity contribution in [3.63, 3.8) is 0 Å². The fraction of sp³-hybridized carbons (Fsp3) is 0.400. The van der Waals surface area contributed by atoms with Gasteiger partial charge in [-0.05, 0) is 18.1 Å². The van der Waals surface area contributed by atoms with Crippen LogP contribution in [0.25, 0.3) is 0 Å². The molecule has 1 aromatic heterocycles. The van der Waals surface area contributed by atoms with Gasteiger partial charge in [-0.3, -0.25) is 0 Å². The summed E-state index contributed by atoms with van der Waals surface area (Å²) in [7, 11) is 2.37. The molecule has 1 aliphatic heterocycles. The number of hydrogen-bond acceptors (Lipinski definition) is 3. The number of nitrogens with zero attached hydrogens (tertiary/aromatic N) is 2. The highest BCUT2D eigenvalue weighted by atomic mass is 31.0. The summed E-state index contributed by atoms with van der Waals surface area (Å²) in [5, 5.41) is 7.41. The molecular formula is C10H14N3P. The van der Waals surface area contributed by atoms with Crippen LogP contribution in [0.15, 0.2) is 18.3 Å². The maximum atomic E-state index is 7.41. The van der Waals surface area contributed by atoms with E-state index < -0.39 is 0 Å². The van der Waals surface area contributed by atoms with Gasteiger partial charge in [0.1, 0.15) is 5.82 Å². The molecule has 2 heterocycles. The van der Waals surface area contributed by atoms with Gasteiger partial charge in [-0.1, -0.05) is 16.2 Å². The highest BCUT2D eigenvalue weighted by Gasteiger charge is 2.23. The van der Waals surface area contributed by atoms with Crippen molar-refractivity contribution in [3.05, 3.63) is 23.9 Å². The van der Waals surface area contributed by atoms with Crippen LogP contribution in [-0.2, 0) is 0 Å². The Hall–Kier alpha value is -0.950. The largest absolute Gasteiger partial charge is 0.356 e. The quantitative estimate of drug-likeness (QED) is 0.592. The Kier molecular flexibility index (Phi) is 2.51. The average Bonchev–Trinajstić information content (AvgIpc) is 2.13. The molecule has 1 atom stereocenters. The van der Waals surface area contributed by atoms with Crippen LogP contribution in [0, 0.1) is 11.3 Å². The molecule has 1 aliphatic rings. The van der Waals surface area contributed by atoms with E-state index >= 15 is 0 Å². The van der Waals surface area contributed by atoms with Gasteiger partial charge in [-0.25, -0.2) is 4.98 Å². The third-order valence-electron chi connectivity index (χ3n) is 2.45. The zero-order valence-electron chi connectivity index (χ0n) is 8.20. The molecule has 3 nitrogen and oxygen atoms in total. The Morgan fingerprint density at radius 1 is 1.57 bits per heavy atom. The predicted octanol–water partition coefficient (Wildman–Crippen LogP) is 1.74. The second-order valence-electron chi connectivity index (χ2n) is 3.83. The van der Waals surface area contributed by atoms with Gasteiger partial charge < -0.3 is 10.3 Å². The summed E-state index contributed by atoms with van der Waals surface area (Å²) < 4.78 is 0. The average molecular weight is 207 g/mol. The van der Waals surface area contributed by atoms with Gasteiger partial charge in [0, 0.05) is 24.8 Å². The molecule has 0 aromatic carbocycles. The van der Waals surface area contributed by atoms with Crippen LogP contribution in [-0.4, -0.2) is 23.5 Å². The van der Waals surface area contributed by atoms with Crippen LogP contribution in [0.3, 0.4) is 0 Å². The first-order valence-electron chi connectivity index (χ1n) is 4.72. The molecule has 1 aromatic rings. The first-order chi connectivity index (χ1) is 6.66. The first kappa shape index (κ1) is 9.60. The molecule has 1 unspecified atom stereocenters. The van der Waals surface area contributed by atoms with Crippen LogP contribution in [0.5, 0.6) is 0 Å². The smallest absolute Gasteiger partial charge is 0.128 e. The minimum atomic E-state index is 0.487. The maximum absolute atomic E-state index is 7.41. The summed E-state index contributed by atoms with van der Waals surface area (Å²) in [6.45, 7) is 4.44. The molecule has 1 fully saturated rings. The monoisotopic (exact) mass is 207 g/mol. The first-order valence-corrected chi connectivity index (χ1v) is 5.30. The van der Waals surface area contributed by atoms with E-state index in [-0.39, 0.29) is 0 Å². The second kappa shape index (κ2) is 3.66. The minimum absolute atomic E-state index is 0.487. The van der Waals surface area contributed by atoms with Gasteiger partial charge in [0.05, 0.1) is 5.45 Å². The Labute approximate surface area is 86.2 Å². The Balaban J connectivity index is 2.10. The number of pyridine rings is 1. The van der Waals surface area contributed by atoms with Crippen LogP contribution in [0.1, 0.15) is 12.5 Å². The molecule has 74 valence electrons. The van der Waals surface area contributed by atoms with Crippen molar-refractivity contribution >= 4 is 20.5 Å². The van der Waals surface area contributed by atoms with Gasteiger partial charge in [0.25, 0.3) is 0 Å². The van der Waals surface area contributed by atoms with Crippen LogP contribution >= 0.6 is 9.24 Å². The van der Waals surface area contributed by atoms with Crippen LogP contribution in [0.4, 0.5) is 5.82 Å². The third-order valence-corrected chi connectivity index (χ3v) is 2.78. The standard InChI is InChI=1S/C10H14N3P/c1-7-5-13(6-7)9-3-2-8(4-12-9)10(11)14/h2-4,7,11H,5-6,14H2,1H3. The van der Waals surface area contributed by atoms with Gasteiger partial charge in [0.15, 0.2) is 0 Å². The van der Waals surface area contributed by atoms with Crippen molar-refractivity contribution in [2.75, 3.05) is 18.0 Å². The van der Waals surface area contributed by atoms with E-state index in [0.717, 1.165) is 30.4 Å². The topological polar surface area (TPSA) is 40.0 Å². The van der Waals surface area contributed by atoms with Crippen molar-refractivity contribution < 1.29 is 0 Å². The number of aromatic nitrogens is 1. The molecule has 0 bridgehead atoms. The highest BCUT2D eigenvalue weighted by molar-refractivity contribution is 7.41. The van der Waals surface area contributed by atoms with Crippen molar-refractivity contribution in [2.45, 2.75) is 6.92 Å². The number of rotatable bonds is 2. The van der Waals surface area contributed by atoms with Crippen molar-refractivity contribution in [3.8, 4) is 0 Å². The third kappa shape index (κ3) is 1.78. The molecule has 0 amide bonds. The van der Waals surface area contributed by atoms with E-state index in [1.165, 1.54) is 0 Å². The van der Waals surface area contributed by atoms with E-state index in [1.807, 2.05) is 12.1 Å². The molecule has 0 aliphatic carbocycles. The lowest BCUT2D eigenvalue weighted by molar-refractivity contribution is 0.443. The van der Waals surface area contributed by atoms with Gasteiger partial charge in [-0.2, -0.15) is 0 Å². The highest BCUT2D eigenvalue weighted by Crippen LogP contribution is 2.22. The Morgan fingerprint density at radius 3 is 2.71 bits per heavy atom. The van der Waals surface area contributed by atoms with Gasteiger partial charge in [0.2, 0.25) is 0 Å². The normalized spacial score (nSPS) is 16.6. The van der Waals surface area contributed by atoms with Crippen LogP contribution < -0.4 is 4.90 Å². The summed E-state index contributed by atoms with van der Waals surface area (Å²) in [5.74, 6) is 1.81. The van der Waals surface area contributed by atoms with E-state index in [0.29, 0.717) is 5.45 Å². The van der Waals surface area contributed by atoms with Crippen LogP contribution in [0.2, 0.25) is 0 Å². The Morgan fingerprint density at radius 2 is 2.29 bits per heavy atom. The molecule has 14 heavy (non-hydrogen) atoms. The molecule has 2 rings (SSSR count). The zero-order chi connectivity index (χ0) is 10.1. The lowest BCUT2D eigenvalue weighted by Crippen LogP contribution is -2.45. The molecule has 0 radical (unpaired) electrons. The minimum Gasteiger partial charge on any atom is -0.356 e. The summed E-state index contributed by atoms with van der Waals surface area (Å²) >= 11 is 0. The summed E-state index contributed by atoms with van der Waals surface area (Å²) in [6.07, 6.45) is 1.76. The maximum Gasteiger partial charge on any atom is 0.128 e. The molecule has 0 saturated carbocycles. The number of nitrogens with one attached hydrogen (secondary N) is 1. The second-order valence-corrected chi connectivity index (χ2v) is 4.41. The molecule has 4 heteroatoms. The van der Waals surface area contributed by atoms with E-state index in [4.69, 9.17) is 5.41 Å². The number of hydrogen-bond donors (Lipinski definition) is 1. The summed E-state index contributed by atoms with van der Waals surface area (Å²) in [4.78, 5) is 6.58. The van der Waals surface area contributed by atoms with Gasteiger partial charge >= 0.3 is 0 Å². The lowest BCUT2D eigenvalue weighted by Gasteiger charge is -2.38. The van der Waals surface area contributed by atoms with Crippen molar-refractivity contribution in [1.29, 1.82) is 5.41 Å². The molecular weight excluding hydrogens is 193 g/mol. The zero-order valence-corrected chi connectivity index (χ0v) is 9.35.